The number of hydrogen-bond donors (Lipinski definition) is 1. The van der Waals surface area contributed by atoms with Crippen LogP contribution in [0.1, 0.15) is 12.2 Å². The quantitative estimate of drug-likeness (QED) is 0.782. The van der Waals surface area contributed by atoms with Crippen molar-refractivity contribution in [3.63, 3.8) is 0 Å². The Morgan fingerprint density at radius 2 is 2.17 bits per heavy atom. The van der Waals surface area contributed by atoms with Gasteiger partial charge in [-0.15, -0.1) is 0 Å². The number of benzene rings is 1. The van der Waals surface area contributed by atoms with Crippen molar-refractivity contribution in [2.24, 2.45) is 0 Å². The molecule has 0 aliphatic heterocycles. The molecule has 0 saturated heterocycles. The molecular formula is C14H18ClNO2. The molecule has 1 heterocycles. The van der Waals surface area contributed by atoms with Gasteiger partial charge in [-0.25, -0.2) is 0 Å². The number of rotatable bonds is 7. The summed E-state index contributed by atoms with van der Waals surface area (Å²) in [5.41, 5.74) is 0.904. The van der Waals surface area contributed by atoms with Crippen LogP contribution < -0.4 is 5.32 Å². The first kappa shape index (κ1) is 13.4. The SMILES string of the molecule is COCCNCCCc1cc2cc(Cl)ccc2o1. The predicted molar refractivity (Wildman–Crippen MR) is 74.3 cm³/mol. The van der Waals surface area contributed by atoms with E-state index in [1.165, 1.54) is 0 Å². The molecule has 3 nitrogen and oxygen atoms in total. The molecule has 2 aromatic rings. The van der Waals surface area contributed by atoms with Crippen molar-refractivity contribution in [3.8, 4) is 0 Å². The van der Waals surface area contributed by atoms with Gasteiger partial charge in [0.25, 0.3) is 0 Å². The van der Waals surface area contributed by atoms with E-state index >= 15 is 0 Å². The monoisotopic (exact) mass is 267 g/mol. The number of furan rings is 1. The zero-order valence-electron chi connectivity index (χ0n) is 10.5. The van der Waals surface area contributed by atoms with Crippen LogP contribution in [-0.4, -0.2) is 26.8 Å². The van der Waals surface area contributed by atoms with Crippen LogP contribution in [0.5, 0.6) is 0 Å². The van der Waals surface area contributed by atoms with E-state index in [1.54, 1.807) is 7.11 Å². The molecule has 0 saturated carbocycles. The molecule has 18 heavy (non-hydrogen) atoms. The van der Waals surface area contributed by atoms with Gasteiger partial charge in [-0.2, -0.15) is 0 Å². The molecule has 2 rings (SSSR count). The van der Waals surface area contributed by atoms with Crippen molar-refractivity contribution in [1.29, 1.82) is 0 Å². The molecule has 0 spiro atoms. The van der Waals surface area contributed by atoms with Crippen molar-refractivity contribution < 1.29 is 9.15 Å². The van der Waals surface area contributed by atoms with E-state index < -0.39 is 0 Å². The highest BCUT2D eigenvalue weighted by atomic mass is 35.5. The van der Waals surface area contributed by atoms with Crippen LogP contribution in [0.25, 0.3) is 11.0 Å². The molecule has 0 bridgehead atoms. The highest BCUT2D eigenvalue weighted by Crippen LogP contribution is 2.23. The summed E-state index contributed by atoms with van der Waals surface area (Å²) in [6.45, 7) is 2.62. The number of fused-ring (bicyclic) bond motifs is 1. The van der Waals surface area contributed by atoms with Gasteiger partial charge in [0.1, 0.15) is 11.3 Å². The minimum Gasteiger partial charge on any atom is -0.461 e. The Bertz CT molecular complexity index is 495. The lowest BCUT2D eigenvalue weighted by Gasteiger charge is -2.02. The Morgan fingerprint density at radius 1 is 1.28 bits per heavy atom. The fourth-order valence-corrected chi connectivity index (χ4v) is 2.06. The van der Waals surface area contributed by atoms with Gasteiger partial charge in [0.15, 0.2) is 0 Å². The molecule has 1 aromatic carbocycles. The Morgan fingerprint density at radius 3 is 3.00 bits per heavy atom. The average Bonchev–Trinajstić information content (AvgIpc) is 2.75. The lowest BCUT2D eigenvalue weighted by molar-refractivity contribution is 0.199. The molecule has 0 atom stereocenters. The summed E-state index contributed by atoms with van der Waals surface area (Å²) < 4.78 is 10.7. The van der Waals surface area contributed by atoms with E-state index in [-0.39, 0.29) is 0 Å². The minimum atomic E-state index is 0.746. The summed E-state index contributed by atoms with van der Waals surface area (Å²) in [7, 11) is 1.71. The molecule has 4 heteroatoms. The topological polar surface area (TPSA) is 34.4 Å². The van der Waals surface area contributed by atoms with Crippen molar-refractivity contribution in [3.05, 3.63) is 35.0 Å². The first-order valence-electron chi connectivity index (χ1n) is 6.17. The Kier molecular flexibility index (Phi) is 5.05. The van der Waals surface area contributed by atoms with Gasteiger partial charge in [0, 0.05) is 30.5 Å². The van der Waals surface area contributed by atoms with Crippen molar-refractivity contribution in [2.75, 3.05) is 26.8 Å². The van der Waals surface area contributed by atoms with E-state index in [0.717, 1.165) is 54.3 Å². The lowest BCUT2D eigenvalue weighted by atomic mass is 10.2. The maximum absolute atomic E-state index is 5.94. The third kappa shape index (κ3) is 3.73. The second-order valence-electron chi connectivity index (χ2n) is 4.24. The van der Waals surface area contributed by atoms with Gasteiger partial charge in [0.05, 0.1) is 6.61 Å². The van der Waals surface area contributed by atoms with Crippen LogP contribution in [0.3, 0.4) is 0 Å². The second-order valence-corrected chi connectivity index (χ2v) is 4.68. The van der Waals surface area contributed by atoms with Crippen LogP contribution in [0, 0.1) is 0 Å². The molecule has 0 radical (unpaired) electrons. The highest BCUT2D eigenvalue weighted by Gasteiger charge is 2.03. The van der Waals surface area contributed by atoms with Crippen LogP contribution >= 0.6 is 11.6 Å². The van der Waals surface area contributed by atoms with Gasteiger partial charge in [-0.1, -0.05) is 11.6 Å². The van der Waals surface area contributed by atoms with Crippen LogP contribution in [-0.2, 0) is 11.2 Å². The summed E-state index contributed by atoms with van der Waals surface area (Å²) >= 11 is 5.94. The number of ether oxygens (including phenoxy) is 1. The predicted octanol–water partition coefficient (Wildman–Crippen LogP) is 3.25. The number of halogens is 1. The van der Waals surface area contributed by atoms with Gasteiger partial charge in [-0.3, -0.25) is 0 Å². The first-order chi connectivity index (χ1) is 8.79. The molecule has 0 aliphatic carbocycles. The maximum atomic E-state index is 5.94. The van der Waals surface area contributed by atoms with Crippen LogP contribution in [0.2, 0.25) is 5.02 Å². The summed E-state index contributed by atoms with van der Waals surface area (Å²) in [6, 6.07) is 7.76. The lowest BCUT2D eigenvalue weighted by Crippen LogP contribution is -2.20. The highest BCUT2D eigenvalue weighted by molar-refractivity contribution is 6.31. The maximum Gasteiger partial charge on any atom is 0.134 e. The Balaban J connectivity index is 1.81. The third-order valence-electron chi connectivity index (χ3n) is 2.79. The molecule has 1 N–H and O–H groups in total. The largest absolute Gasteiger partial charge is 0.461 e. The van der Waals surface area contributed by atoms with E-state index in [2.05, 4.69) is 11.4 Å². The number of nitrogens with one attached hydrogen (secondary N) is 1. The standard InChI is InChI=1S/C14H18ClNO2/c1-17-8-7-16-6-2-3-13-10-11-9-12(15)4-5-14(11)18-13/h4-5,9-10,16H,2-3,6-8H2,1H3. The fraction of sp³-hybridized carbons (Fsp3) is 0.429. The van der Waals surface area contributed by atoms with Gasteiger partial charge >= 0.3 is 0 Å². The summed E-state index contributed by atoms with van der Waals surface area (Å²) in [5.74, 6) is 1.01. The molecule has 1 aromatic heterocycles. The smallest absolute Gasteiger partial charge is 0.134 e. The van der Waals surface area contributed by atoms with Crippen molar-refractivity contribution in [1.82, 2.24) is 5.32 Å². The van der Waals surface area contributed by atoms with Crippen molar-refractivity contribution in [2.45, 2.75) is 12.8 Å². The molecule has 98 valence electrons. The number of methoxy groups -OCH3 is 1. The van der Waals surface area contributed by atoms with Gasteiger partial charge < -0.3 is 14.5 Å². The second kappa shape index (κ2) is 6.78. The Labute approximate surface area is 112 Å². The van der Waals surface area contributed by atoms with E-state index in [0.29, 0.717) is 0 Å². The average molecular weight is 268 g/mol. The normalized spacial score (nSPS) is 11.2. The van der Waals surface area contributed by atoms with E-state index in [9.17, 15) is 0 Å². The van der Waals surface area contributed by atoms with E-state index in [1.807, 2.05) is 18.2 Å². The number of hydrogen-bond acceptors (Lipinski definition) is 3. The molecule has 0 aliphatic rings. The van der Waals surface area contributed by atoms with Crippen LogP contribution in [0.4, 0.5) is 0 Å². The van der Waals surface area contributed by atoms with Gasteiger partial charge in [-0.05, 0) is 37.2 Å². The zero-order chi connectivity index (χ0) is 12.8. The zero-order valence-corrected chi connectivity index (χ0v) is 11.3. The summed E-state index contributed by atoms with van der Waals surface area (Å²) in [5, 5.41) is 5.13. The summed E-state index contributed by atoms with van der Waals surface area (Å²) in [6.07, 6.45) is 1.99. The Hall–Kier alpha value is -1.03. The van der Waals surface area contributed by atoms with Crippen LogP contribution in [0.15, 0.2) is 28.7 Å². The third-order valence-corrected chi connectivity index (χ3v) is 3.02. The van der Waals surface area contributed by atoms with Gasteiger partial charge in [0.2, 0.25) is 0 Å². The molecule has 0 fully saturated rings. The van der Waals surface area contributed by atoms with E-state index in [4.69, 9.17) is 20.8 Å². The number of aryl methyl sites for hydroxylation is 1. The molecule has 0 amide bonds. The fourth-order valence-electron chi connectivity index (χ4n) is 1.88. The van der Waals surface area contributed by atoms with Crippen molar-refractivity contribution >= 4 is 22.6 Å². The first-order valence-corrected chi connectivity index (χ1v) is 6.55. The minimum absolute atomic E-state index is 0.746. The molecule has 0 unspecified atom stereocenters. The molecular weight excluding hydrogens is 250 g/mol. The summed E-state index contributed by atoms with van der Waals surface area (Å²) in [4.78, 5) is 0.